The number of nitrogens with zero attached hydrogens (tertiary/aromatic N) is 1. The van der Waals surface area contributed by atoms with Gasteiger partial charge in [0.05, 0.1) is 0 Å². The lowest BCUT2D eigenvalue weighted by Crippen LogP contribution is -2.48. The van der Waals surface area contributed by atoms with Crippen molar-refractivity contribution in [2.75, 3.05) is 25.4 Å². The fraction of sp³-hybridized carbons (Fsp3) is 0.571. The van der Waals surface area contributed by atoms with Gasteiger partial charge in [0.2, 0.25) is 0 Å². The summed E-state index contributed by atoms with van der Waals surface area (Å²) < 4.78 is 0. The summed E-state index contributed by atoms with van der Waals surface area (Å²) >= 11 is 2.04. The van der Waals surface area contributed by atoms with E-state index in [4.69, 9.17) is 0 Å². The molecule has 1 atom stereocenters. The van der Waals surface area contributed by atoms with Crippen LogP contribution in [0, 0.1) is 11.8 Å². The molecule has 4 rings (SSSR count). The van der Waals surface area contributed by atoms with Crippen molar-refractivity contribution in [2.45, 2.75) is 17.7 Å². The monoisotopic (exact) mass is 233 g/mol. The van der Waals surface area contributed by atoms with Gasteiger partial charge < -0.3 is 4.90 Å². The van der Waals surface area contributed by atoms with Gasteiger partial charge >= 0.3 is 0 Å². The van der Waals surface area contributed by atoms with E-state index in [9.17, 15) is 0 Å². The molecule has 0 radical (unpaired) electrons. The van der Waals surface area contributed by atoms with E-state index in [2.05, 4.69) is 35.2 Å². The Balaban J connectivity index is 1.56. The summed E-state index contributed by atoms with van der Waals surface area (Å²) in [6.45, 7) is 4.07. The van der Waals surface area contributed by atoms with Gasteiger partial charge in [0.15, 0.2) is 0 Å². The van der Waals surface area contributed by atoms with Crippen LogP contribution in [0.2, 0.25) is 0 Å². The molecule has 3 aliphatic rings. The van der Waals surface area contributed by atoms with Gasteiger partial charge in [-0.2, -0.15) is 0 Å². The topological polar surface area (TPSA) is 3.24 Å². The van der Waals surface area contributed by atoms with Gasteiger partial charge in [-0.15, -0.1) is 11.8 Å². The number of hydrogen-bond acceptors (Lipinski definition) is 2. The summed E-state index contributed by atoms with van der Waals surface area (Å²) in [5, 5.41) is 0. The Hall–Kier alpha value is -0.470. The van der Waals surface area contributed by atoms with Crippen molar-refractivity contribution in [1.82, 2.24) is 4.90 Å². The Morgan fingerprint density at radius 3 is 2.50 bits per heavy atom. The number of rotatable bonds is 3. The van der Waals surface area contributed by atoms with Crippen LogP contribution in [0.15, 0.2) is 35.2 Å². The summed E-state index contributed by atoms with van der Waals surface area (Å²) in [5.41, 5.74) is 0. The molecule has 0 unspecified atom stereocenters. The zero-order chi connectivity index (χ0) is 10.8. The molecule has 3 heterocycles. The van der Waals surface area contributed by atoms with Gasteiger partial charge in [-0.1, -0.05) is 18.2 Å². The van der Waals surface area contributed by atoms with Crippen LogP contribution in [0.25, 0.3) is 0 Å². The SMILES string of the molecule is c1ccc(SC[C@@H]2CN3CCC2CC3)cc1. The summed E-state index contributed by atoms with van der Waals surface area (Å²) in [5.74, 6) is 3.26. The third kappa shape index (κ3) is 2.28. The fourth-order valence-corrected chi connectivity index (χ4v) is 4.13. The molecule has 0 saturated carbocycles. The summed E-state index contributed by atoms with van der Waals surface area (Å²) in [6, 6.07) is 10.8. The van der Waals surface area contributed by atoms with E-state index in [1.54, 1.807) is 0 Å². The Labute approximate surface area is 102 Å². The molecule has 3 saturated heterocycles. The Kier molecular flexibility index (Phi) is 3.20. The molecule has 1 nitrogen and oxygen atoms in total. The zero-order valence-electron chi connectivity index (χ0n) is 9.64. The molecule has 1 aromatic carbocycles. The fourth-order valence-electron chi connectivity index (χ4n) is 3.00. The van der Waals surface area contributed by atoms with E-state index in [0.717, 1.165) is 11.8 Å². The van der Waals surface area contributed by atoms with Crippen LogP contribution in [0.3, 0.4) is 0 Å². The molecule has 86 valence electrons. The van der Waals surface area contributed by atoms with Crippen LogP contribution < -0.4 is 0 Å². The molecule has 0 aliphatic carbocycles. The van der Waals surface area contributed by atoms with E-state index in [1.807, 2.05) is 11.8 Å². The average Bonchev–Trinajstić information content (AvgIpc) is 2.39. The normalized spacial score (nSPS) is 32.9. The molecule has 2 bridgehead atoms. The molecule has 0 N–H and O–H groups in total. The lowest BCUT2D eigenvalue weighted by molar-refractivity contribution is 0.0626. The van der Waals surface area contributed by atoms with Crippen molar-refractivity contribution in [2.24, 2.45) is 11.8 Å². The van der Waals surface area contributed by atoms with E-state index >= 15 is 0 Å². The quantitative estimate of drug-likeness (QED) is 0.738. The molecule has 3 fully saturated rings. The van der Waals surface area contributed by atoms with Crippen molar-refractivity contribution in [1.29, 1.82) is 0 Å². The highest BCUT2D eigenvalue weighted by Gasteiger charge is 2.33. The van der Waals surface area contributed by atoms with Crippen molar-refractivity contribution in [3.8, 4) is 0 Å². The molecule has 0 amide bonds. The molecule has 1 aromatic rings. The number of piperidine rings is 3. The minimum absolute atomic E-state index is 0.938. The van der Waals surface area contributed by atoms with Crippen LogP contribution in [0.1, 0.15) is 12.8 Å². The van der Waals surface area contributed by atoms with Gasteiger partial charge in [-0.25, -0.2) is 0 Å². The first-order chi connectivity index (χ1) is 7.92. The zero-order valence-corrected chi connectivity index (χ0v) is 10.5. The highest BCUT2D eigenvalue weighted by Crippen LogP contribution is 2.35. The second-order valence-electron chi connectivity index (χ2n) is 5.02. The van der Waals surface area contributed by atoms with Gasteiger partial charge in [0.1, 0.15) is 0 Å². The van der Waals surface area contributed by atoms with Crippen LogP contribution in [0.4, 0.5) is 0 Å². The number of thioether (sulfide) groups is 1. The van der Waals surface area contributed by atoms with Crippen LogP contribution >= 0.6 is 11.8 Å². The van der Waals surface area contributed by atoms with Gasteiger partial charge in [0, 0.05) is 17.2 Å². The standard InChI is InChI=1S/C14H19NS/c1-2-4-14(5-3-1)16-11-13-10-15-8-6-12(13)7-9-15/h1-5,12-13H,6-11H2/t13-/m0/s1. The van der Waals surface area contributed by atoms with E-state index < -0.39 is 0 Å². The van der Waals surface area contributed by atoms with Crippen molar-refractivity contribution >= 4 is 11.8 Å². The highest BCUT2D eigenvalue weighted by atomic mass is 32.2. The molecule has 16 heavy (non-hydrogen) atoms. The smallest absolute Gasteiger partial charge is 0.00720 e. The molecule has 3 aliphatic heterocycles. The number of hydrogen-bond donors (Lipinski definition) is 0. The van der Waals surface area contributed by atoms with Crippen molar-refractivity contribution in [3.05, 3.63) is 30.3 Å². The van der Waals surface area contributed by atoms with Crippen LogP contribution in [-0.2, 0) is 0 Å². The van der Waals surface area contributed by atoms with Gasteiger partial charge in [-0.05, 0) is 49.9 Å². The Bertz CT molecular complexity index is 330. The van der Waals surface area contributed by atoms with Gasteiger partial charge in [0.25, 0.3) is 0 Å². The third-order valence-electron chi connectivity index (χ3n) is 4.00. The lowest BCUT2D eigenvalue weighted by Gasteiger charge is -2.44. The second kappa shape index (κ2) is 4.80. The van der Waals surface area contributed by atoms with Crippen LogP contribution in [-0.4, -0.2) is 30.3 Å². The average molecular weight is 233 g/mol. The Morgan fingerprint density at radius 2 is 1.88 bits per heavy atom. The second-order valence-corrected chi connectivity index (χ2v) is 6.12. The lowest BCUT2D eigenvalue weighted by atomic mass is 9.80. The first kappa shape index (κ1) is 10.7. The molecule has 0 spiro atoms. The maximum Gasteiger partial charge on any atom is 0.00720 e. The molecular weight excluding hydrogens is 214 g/mol. The maximum absolute atomic E-state index is 2.65. The molecule has 2 heteroatoms. The van der Waals surface area contributed by atoms with Crippen molar-refractivity contribution in [3.63, 3.8) is 0 Å². The molecule has 0 aromatic heterocycles. The van der Waals surface area contributed by atoms with Crippen LogP contribution in [0.5, 0.6) is 0 Å². The Morgan fingerprint density at radius 1 is 1.12 bits per heavy atom. The summed E-state index contributed by atoms with van der Waals surface area (Å²) in [7, 11) is 0. The first-order valence-electron chi connectivity index (χ1n) is 6.32. The summed E-state index contributed by atoms with van der Waals surface area (Å²) in [6.07, 6.45) is 2.89. The van der Waals surface area contributed by atoms with Gasteiger partial charge in [-0.3, -0.25) is 0 Å². The summed E-state index contributed by atoms with van der Waals surface area (Å²) in [4.78, 5) is 4.08. The number of fused-ring (bicyclic) bond motifs is 3. The van der Waals surface area contributed by atoms with E-state index in [0.29, 0.717) is 0 Å². The first-order valence-corrected chi connectivity index (χ1v) is 7.30. The van der Waals surface area contributed by atoms with E-state index in [1.165, 1.54) is 43.1 Å². The molecular formula is C14H19NS. The predicted octanol–water partition coefficient (Wildman–Crippen LogP) is 3.12. The maximum atomic E-state index is 2.65. The minimum Gasteiger partial charge on any atom is -0.303 e. The third-order valence-corrected chi connectivity index (χ3v) is 5.20. The predicted molar refractivity (Wildman–Crippen MR) is 69.8 cm³/mol. The largest absolute Gasteiger partial charge is 0.303 e. The van der Waals surface area contributed by atoms with E-state index in [-0.39, 0.29) is 0 Å². The number of benzene rings is 1. The highest BCUT2D eigenvalue weighted by molar-refractivity contribution is 7.99. The van der Waals surface area contributed by atoms with Crippen molar-refractivity contribution < 1.29 is 0 Å². The minimum atomic E-state index is 0.938.